The number of nitrogens with one attached hydrogen (secondary N) is 2. The number of halogens is 1. The molecule has 0 heterocycles. The van der Waals surface area contributed by atoms with Gasteiger partial charge in [-0.15, -0.1) is 0 Å². The Morgan fingerprint density at radius 2 is 1.86 bits per heavy atom. The standard InChI is InChI=1S/C17H19ClN2O2/c1-12-6-5-9-16(13(12)2)22-11-20-17(21)19-10-14-7-3-4-8-15(14)18/h3-9H,10-11H2,1-2H3,(H2,19,20,21). The predicted octanol–water partition coefficient (Wildman–Crippen LogP) is 3.79. The Morgan fingerprint density at radius 3 is 2.64 bits per heavy atom. The van der Waals surface area contributed by atoms with Gasteiger partial charge < -0.3 is 15.4 Å². The first-order chi connectivity index (χ1) is 10.6. The number of carbonyl (C=O) groups excluding carboxylic acids is 1. The van der Waals surface area contributed by atoms with Gasteiger partial charge in [0.15, 0.2) is 6.73 Å². The number of hydrogen-bond acceptors (Lipinski definition) is 2. The van der Waals surface area contributed by atoms with Crippen molar-refractivity contribution in [3.05, 3.63) is 64.2 Å². The molecule has 0 unspecified atom stereocenters. The summed E-state index contributed by atoms with van der Waals surface area (Å²) in [5.74, 6) is 0.770. The molecule has 0 bridgehead atoms. The van der Waals surface area contributed by atoms with Crippen molar-refractivity contribution in [2.75, 3.05) is 6.73 Å². The summed E-state index contributed by atoms with van der Waals surface area (Å²) in [5.41, 5.74) is 3.09. The number of benzene rings is 2. The summed E-state index contributed by atoms with van der Waals surface area (Å²) >= 11 is 6.03. The van der Waals surface area contributed by atoms with Crippen molar-refractivity contribution in [2.45, 2.75) is 20.4 Å². The maximum Gasteiger partial charge on any atom is 0.317 e. The molecule has 0 aliphatic carbocycles. The Kier molecular flexibility index (Phi) is 5.67. The Labute approximate surface area is 135 Å². The molecule has 0 aliphatic heterocycles. The quantitative estimate of drug-likeness (QED) is 0.824. The molecule has 0 saturated carbocycles. The molecular weight excluding hydrogens is 300 g/mol. The molecule has 2 N–H and O–H groups in total. The van der Waals surface area contributed by atoms with Crippen LogP contribution >= 0.6 is 11.6 Å². The van der Waals surface area contributed by atoms with Crippen molar-refractivity contribution in [1.82, 2.24) is 10.6 Å². The van der Waals surface area contributed by atoms with Crippen LogP contribution in [0.1, 0.15) is 16.7 Å². The van der Waals surface area contributed by atoms with E-state index >= 15 is 0 Å². The van der Waals surface area contributed by atoms with Crippen LogP contribution in [0, 0.1) is 13.8 Å². The Bertz CT molecular complexity index is 659. The minimum Gasteiger partial charge on any atom is -0.473 e. The molecule has 0 saturated heterocycles. The largest absolute Gasteiger partial charge is 0.473 e. The Morgan fingerprint density at radius 1 is 1.09 bits per heavy atom. The first-order valence-corrected chi connectivity index (χ1v) is 7.40. The lowest BCUT2D eigenvalue weighted by Crippen LogP contribution is -2.37. The predicted molar refractivity (Wildman–Crippen MR) is 88.2 cm³/mol. The second kappa shape index (κ2) is 7.71. The van der Waals surface area contributed by atoms with E-state index in [1.165, 1.54) is 0 Å². The maximum absolute atomic E-state index is 11.7. The Hall–Kier alpha value is -2.20. The monoisotopic (exact) mass is 318 g/mol. The molecule has 0 spiro atoms. The van der Waals surface area contributed by atoms with Gasteiger partial charge in [0, 0.05) is 11.6 Å². The van der Waals surface area contributed by atoms with Crippen molar-refractivity contribution in [2.24, 2.45) is 0 Å². The maximum atomic E-state index is 11.7. The van der Waals surface area contributed by atoms with Gasteiger partial charge >= 0.3 is 6.03 Å². The lowest BCUT2D eigenvalue weighted by atomic mass is 10.1. The highest BCUT2D eigenvalue weighted by Crippen LogP contribution is 2.20. The summed E-state index contributed by atoms with van der Waals surface area (Å²) < 4.78 is 5.57. The first-order valence-electron chi connectivity index (χ1n) is 7.02. The second-order valence-corrected chi connectivity index (χ2v) is 5.34. The van der Waals surface area contributed by atoms with E-state index in [0.29, 0.717) is 11.6 Å². The third-order valence-corrected chi connectivity index (χ3v) is 3.78. The van der Waals surface area contributed by atoms with Crippen molar-refractivity contribution in [3.8, 4) is 5.75 Å². The number of amides is 2. The number of rotatable bonds is 5. The van der Waals surface area contributed by atoms with Crippen molar-refractivity contribution in [1.29, 1.82) is 0 Å². The van der Waals surface area contributed by atoms with Crippen LogP contribution in [0.3, 0.4) is 0 Å². The highest BCUT2D eigenvalue weighted by Gasteiger charge is 2.04. The summed E-state index contributed by atoms with van der Waals surface area (Å²) in [6.45, 7) is 4.49. The van der Waals surface area contributed by atoms with Crippen molar-refractivity contribution in [3.63, 3.8) is 0 Å². The van der Waals surface area contributed by atoms with Crippen LogP contribution in [0.2, 0.25) is 5.02 Å². The highest BCUT2D eigenvalue weighted by atomic mass is 35.5. The average Bonchev–Trinajstić information content (AvgIpc) is 2.51. The highest BCUT2D eigenvalue weighted by molar-refractivity contribution is 6.31. The summed E-state index contributed by atoms with van der Waals surface area (Å²) in [5, 5.41) is 6.02. The number of ether oxygens (including phenoxy) is 1. The molecule has 5 heteroatoms. The molecule has 4 nitrogen and oxygen atoms in total. The fraction of sp³-hybridized carbons (Fsp3) is 0.235. The van der Waals surface area contributed by atoms with E-state index in [9.17, 15) is 4.79 Å². The van der Waals surface area contributed by atoms with Gasteiger partial charge in [0.05, 0.1) is 0 Å². The SMILES string of the molecule is Cc1cccc(OCNC(=O)NCc2ccccc2Cl)c1C. The van der Waals surface area contributed by atoms with Gasteiger partial charge in [0.1, 0.15) is 5.75 Å². The van der Waals surface area contributed by atoms with E-state index in [0.717, 1.165) is 22.4 Å². The van der Waals surface area contributed by atoms with Gasteiger partial charge in [-0.2, -0.15) is 0 Å². The molecule has 2 amide bonds. The third-order valence-electron chi connectivity index (χ3n) is 3.41. The smallest absolute Gasteiger partial charge is 0.317 e. The van der Waals surface area contributed by atoms with Crippen LogP contribution in [0.4, 0.5) is 4.79 Å². The summed E-state index contributed by atoms with van der Waals surface area (Å²) in [4.78, 5) is 11.7. The van der Waals surface area contributed by atoms with E-state index in [4.69, 9.17) is 16.3 Å². The zero-order valence-electron chi connectivity index (χ0n) is 12.7. The van der Waals surface area contributed by atoms with Crippen molar-refractivity contribution < 1.29 is 9.53 Å². The van der Waals surface area contributed by atoms with E-state index < -0.39 is 0 Å². The number of carbonyl (C=O) groups is 1. The molecule has 0 atom stereocenters. The van der Waals surface area contributed by atoms with E-state index in [2.05, 4.69) is 10.6 Å². The van der Waals surface area contributed by atoms with Gasteiger partial charge in [-0.25, -0.2) is 4.79 Å². The number of aryl methyl sites for hydroxylation is 1. The minimum absolute atomic E-state index is 0.110. The molecule has 2 rings (SSSR count). The summed E-state index contributed by atoms with van der Waals surface area (Å²) in [6, 6.07) is 12.9. The number of hydrogen-bond donors (Lipinski definition) is 2. The zero-order chi connectivity index (χ0) is 15.9. The van der Waals surface area contributed by atoms with Crippen LogP contribution in [-0.2, 0) is 6.54 Å². The van der Waals surface area contributed by atoms with Gasteiger partial charge in [0.25, 0.3) is 0 Å². The molecule has 2 aromatic rings. The normalized spacial score (nSPS) is 10.1. The van der Waals surface area contributed by atoms with Gasteiger partial charge in [-0.05, 0) is 42.7 Å². The van der Waals surface area contributed by atoms with Crippen LogP contribution < -0.4 is 15.4 Å². The molecule has 116 valence electrons. The van der Waals surface area contributed by atoms with Gasteiger partial charge in [-0.3, -0.25) is 0 Å². The molecule has 0 aromatic heterocycles. The zero-order valence-corrected chi connectivity index (χ0v) is 13.4. The minimum atomic E-state index is -0.301. The summed E-state index contributed by atoms with van der Waals surface area (Å²) in [6.07, 6.45) is 0. The fourth-order valence-electron chi connectivity index (χ4n) is 1.94. The Balaban J connectivity index is 1.76. The van der Waals surface area contributed by atoms with E-state index in [1.807, 2.05) is 50.2 Å². The topological polar surface area (TPSA) is 50.4 Å². The van der Waals surface area contributed by atoms with Crippen LogP contribution in [0.5, 0.6) is 5.75 Å². The van der Waals surface area contributed by atoms with Gasteiger partial charge in [0.2, 0.25) is 0 Å². The third kappa shape index (κ3) is 4.40. The fourth-order valence-corrected chi connectivity index (χ4v) is 2.14. The molecule has 2 aromatic carbocycles. The molecule has 0 radical (unpaired) electrons. The van der Waals surface area contributed by atoms with E-state index in [1.54, 1.807) is 6.07 Å². The van der Waals surface area contributed by atoms with Gasteiger partial charge in [-0.1, -0.05) is 41.9 Å². The summed E-state index contributed by atoms with van der Waals surface area (Å²) in [7, 11) is 0. The van der Waals surface area contributed by atoms with E-state index in [-0.39, 0.29) is 12.8 Å². The molecular formula is C17H19ClN2O2. The number of urea groups is 1. The van der Waals surface area contributed by atoms with Crippen LogP contribution in [0.25, 0.3) is 0 Å². The van der Waals surface area contributed by atoms with Crippen molar-refractivity contribution >= 4 is 17.6 Å². The molecule has 0 fully saturated rings. The molecule has 22 heavy (non-hydrogen) atoms. The van der Waals surface area contributed by atoms with Crippen LogP contribution in [0.15, 0.2) is 42.5 Å². The lowest BCUT2D eigenvalue weighted by molar-refractivity contribution is 0.223. The lowest BCUT2D eigenvalue weighted by Gasteiger charge is -2.12. The average molecular weight is 319 g/mol. The van der Waals surface area contributed by atoms with Crippen LogP contribution in [-0.4, -0.2) is 12.8 Å². The second-order valence-electron chi connectivity index (χ2n) is 4.94. The first kappa shape index (κ1) is 16.2. The molecule has 0 aliphatic rings.